The monoisotopic (exact) mass is 214 g/mol. The summed E-state index contributed by atoms with van der Waals surface area (Å²) in [5.41, 5.74) is 0. The number of thioether (sulfide) groups is 1. The van der Waals surface area contributed by atoms with E-state index in [0.29, 0.717) is 0 Å². The van der Waals surface area contributed by atoms with Gasteiger partial charge in [-0.2, -0.15) is 11.8 Å². The number of nitrogens with one attached hydrogen (secondary N) is 2. The summed E-state index contributed by atoms with van der Waals surface area (Å²) < 4.78 is 0. The van der Waals surface area contributed by atoms with Crippen molar-refractivity contribution in [1.29, 1.82) is 0 Å². The molecule has 2 fully saturated rings. The Bertz CT molecular complexity index is 167. The van der Waals surface area contributed by atoms with E-state index < -0.39 is 0 Å². The van der Waals surface area contributed by atoms with E-state index in [1.165, 1.54) is 44.5 Å². The van der Waals surface area contributed by atoms with E-state index in [0.717, 1.165) is 17.3 Å². The van der Waals surface area contributed by atoms with Gasteiger partial charge in [0.25, 0.3) is 0 Å². The largest absolute Gasteiger partial charge is 0.317 e. The highest BCUT2D eigenvalue weighted by Crippen LogP contribution is 2.27. The Morgan fingerprint density at radius 2 is 2.14 bits per heavy atom. The molecule has 2 aliphatic heterocycles. The first kappa shape index (κ1) is 10.8. The summed E-state index contributed by atoms with van der Waals surface area (Å²) in [6, 6.07) is 1.55. The number of hydrogen-bond acceptors (Lipinski definition) is 3. The second-order valence-electron chi connectivity index (χ2n) is 4.52. The Balaban J connectivity index is 1.77. The average Bonchev–Trinajstić information content (AvgIpc) is 2.44. The van der Waals surface area contributed by atoms with Crippen molar-refractivity contribution in [3.8, 4) is 0 Å². The maximum atomic E-state index is 3.85. The van der Waals surface area contributed by atoms with Gasteiger partial charge in [0, 0.05) is 17.3 Å². The van der Waals surface area contributed by atoms with Crippen LogP contribution in [0.4, 0.5) is 0 Å². The van der Waals surface area contributed by atoms with E-state index in [1.807, 2.05) is 0 Å². The smallest absolute Gasteiger partial charge is 0.0194 e. The van der Waals surface area contributed by atoms with E-state index in [1.54, 1.807) is 0 Å². The second-order valence-corrected chi connectivity index (χ2v) is 6.00. The van der Waals surface area contributed by atoms with Gasteiger partial charge in [-0.05, 0) is 44.5 Å². The summed E-state index contributed by atoms with van der Waals surface area (Å²) in [4.78, 5) is 0. The zero-order valence-electron chi connectivity index (χ0n) is 9.09. The fraction of sp³-hybridized carbons (Fsp3) is 1.00. The van der Waals surface area contributed by atoms with Crippen molar-refractivity contribution in [2.75, 3.05) is 18.8 Å². The molecule has 0 aromatic heterocycles. The lowest BCUT2D eigenvalue weighted by molar-refractivity contribution is 0.397. The molecule has 0 amide bonds. The first-order valence-corrected chi connectivity index (χ1v) is 6.99. The molecule has 0 spiro atoms. The molecule has 2 nitrogen and oxygen atoms in total. The molecule has 3 heteroatoms. The summed E-state index contributed by atoms with van der Waals surface area (Å²) in [5, 5.41) is 8.14. The molecular weight excluding hydrogens is 192 g/mol. The number of rotatable bonds is 2. The molecule has 2 rings (SSSR count). The third-order valence-electron chi connectivity index (χ3n) is 3.40. The molecule has 2 saturated heterocycles. The molecule has 0 aliphatic carbocycles. The van der Waals surface area contributed by atoms with E-state index >= 15 is 0 Å². The Kier molecular flexibility index (Phi) is 4.14. The SMILES string of the molecule is CC1SCCC1NC1CCCNCC1. The van der Waals surface area contributed by atoms with Gasteiger partial charge in [-0.1, -0.05) is 6.92 Å². The summed E-state index contributed by atoms with van der Waals surface area (Å²) >= 11 is 2.12. The summed E-state index contributed by atoms with van der Waals surface area (Å²) in [6.07, 6.45) is 5.39. The molecule has 0 saturated carbocycles. The molecule has 0 bridgehead atoms. The van der Waals surface area contributed by atoms with E-state index in [9.17, 15) is 0 Å². The third-order valence-corrected chi connectivity index (χ3v) is 4.73. The van der Waals surface area contributed by atoms with Crippen molar-refractivity contribution in [1.82, 2.24) is 10.6 Å². The minimum Gasteiger partial charge on any atom is -0.317 e. The first-order valence-electron chi connectivity index (χ1n) is 5.94. The van der Waals surface area contributed by atoms with Gasteiger partial charge < -0.3 is 10.6 Å². The third kappa shape index (κ3) is 2.88. The van der Waals surface area contributed by atoms with Crippen LogP contribution in [-0.4, -0.2) is 36.2 Å². The van der Waals surface area contributed by atoms with Crippen molar-refractivity contribution in [3.05, 3.63) is 0 Å². The topological polar surface area (TPSA) is 24.1 Å². The van der Waals surface area contributed by atoms with Crippen LogP contribution in [0.1, 0.15) is 32.6 Å². The molecule has 82 valence electrons. The van der Waals surface area contributed by atoms with Crippen LogP contribution in [-0.2, 0) is 0 Å². The second kappa shape index (κ2) is 5.38. The van der Waals surface area contributed by atoms with Crippen molar-refractivity contribution >= 4 is 11.8 Å². The molecule has 14 heavy (non-hydrogen) atoms. The van der Waals surface area contributed by atoms with Crippen LogP contribution in [0, 0.1) is 0 Å². The molecule has 2 heterocycles. The predicted octanol–water partition coefficient (Wildman–Crippen LogP) is 1.61. The zero-order chi connectivity index (χ0) is 9.80. The van der Waals surface area contributed by atoms with Gasteiger partial charge in [0.15, 0.2) is 0 Å². The van der Waals surface area contributed by atoms with E-state index in [4.69, 9.17) is 0 Å². The highest BCUT2D eigenvalue weighted by molar-refractivity contribution is 8.00. The maximum Gasteiger partial charge on any atom is 0.0194 e. The molecule has 3 atom stereocenters. The van der Waals surface area contributed by atoms with Gasteiger partial charge in [0.05, 0.1) is 0 Å². The molecule has 0 aromatic carbocycles. The van der Waals surface area contributed by atoms with Gasteiger partial charge in [-0.3, -0.25) is 0 Å². The van der Waals surface area contributed by atoms with Crippen molar-refractivity contribution in [2.45, 2.75) is 49.9 Å². The number of hydrogen-bond donors (Lipinski definition) is 2. The average molecular weight is 214 g/mol. The minimum absolute atomic E-state index is 0.774. The molecule has 0 aromatic rings. The Morgan fingerprint density at radius 1 is 1.21 bits per heavy atom. The van der Waals surface area contributed by atoms with Crippen LogP contribution in [0.2, 0.25) is 0 Å². The fourth-order valence-electron chi connectivity index (χ4n) is 2.44. The summed E-state index contributed by atoms with van der Waals surface area (Å²) in [6.45, 7) is 4.78. The standard InChI is InChI=1S/C11H22N2S/c1-9-11(5-8-14-9)13-10-3-2-6-12-7-4-10/h9-13H,2-8H2,1H3. The first-order chi connectivity index (χ1) is 6.86. The highest BCUT2D eigenvalue weighted by Gasteiger charge is 2.26. The lowest BCUT2D eigenvalue weighted by Gasteiger charge is -2.23. The van der Waals surface area contributed by atoms with Gasteiger partial charge in [0.2, 0.25) is 0 Å². The van der Waals surface area contributed by atoms with E-state index in [-0.39, 0.29) is 0 Å². The zero-order valence-corrected chi connectivity index (χ0v) is 9.91. The maximum absolute atomic E-state index is 3.85. The van der Waals surface area contributed by atoms with Crippen LogP contribution < -0.4 is 10.6 Å². The van der Waals surface area contributed by atoms with Crippen molar-refractivity contribution in [2.24, 2.45) is 0 Å². The van der Waals surface area contributed by atoms with Crippen LogP contribution in [0.25, 0.3) is 0 Å². The minimum atomic E-state index is 0.774. The lowest BCUT2D eigenvalue weighted by atomic mass is 10.1. The lowest BCUT2D eigenvalue weighted by Crippen LogP contribution is -2.41. The van der Waals surface area contributed by atoms with Crippen LogP contribution >= 0.6 is 11.8 Å². The Labute approximate surface area is 91.6 Å². The molecule has 2 aliphatic rings. The van der Waals surface area contributed by atoms with Crippen LogP contribution in [0.5, 0.6) is 0 Å². The van der Waals surface area contributed by atoms with Gasteiger partial charge in [0.1, 0.15) is 0 Å². The van der Waals surface area contributed by atoms with Crippen LogP contribution in [0.15, 0.2) is 0 Å². The van der Waals surface area contributed by atoms with E-state index in [2.05, 4.69) is 29.3 Å². The van der Waals surface area contributed by atoms with Gasteiger partial charge >= 0.3 is 0 Å². The molecule has 0 radical (unpaired) electrons. The fourth-order valence-corrected chi connectivity index (χ4v) is 3.65. The molecule has 2 N–H and O–H groups in total. The van der Waals surface area contributed by atoms with Gasteiger partial charge in [-0.25, -0.2) is 0 Å². The summed E-state index contributed by atoms with van der Waals surface area (Å²) in [5.74, 6) is 1.35. The van der Waals surface area contributed by atoms with Crippen molar-refractivity contribution < 1.29 is 0 Å². The Morgan fingerprint density at radius 3 is 2.93 bits per heavy atom. The predicted molar refractivity (Wildman–Crippen MR) is 64.0 cm³/mol. The van der Waals surface area contributed by atoms with Crippen molar-refractivity contribution in [3.63, 3.8) is 0 Å². The quantitative estimate of drug-likeness (QED) is 0.730. The van der Waals surface area contributed by atoms with Crippen LogP contribution in [0.3, 0.4) is 0 Å². The molecular formula is C11H22N2S. The highest BCUT2D eigenvalue weighted by atomic mass is 32.2. The normalized spacial score (nSPS) is 39.6. The Hall–Kier alpha value is 0.270. The van der Waals surface area contributed by atoms with Gasteiger partial charge in [-0.15, -0.1) is 0 Å². The summed E-state index contributed by atoms with van der Waals surface area (Å²) in [7, 11) is 0. The molecule has 3 unspecified atom stereocenters.